The first-order valence-corrected chi connectivity index (χ1v) is 5.25. The molecule has 0 bridgehead atoms. The maximum Gasteiger partial charge on any atom is 0.0465 e. The summed E-state index contributed by atoms with van der Waals surface area (Å²) in [4.78, 5) is 0. The molecular formula is C10H11IO. The summed E-state index contributed by atoms with van der Waals surface area (Å²) in [5.41, 5.74) is 1.38. The SMILES string of the molecule is OCC1C[C@@H]1c1ccc(I)cc1. The van der Waals surface area contributed by atoms with Gasteiger partial charge in [0.05, 0.1) is 0 Å². The van der Waals surface area contributed by atoms with Crippen molar-refractivity contribution in [1.29, 1.82) is 0 Å². The minimum Gasteiger partial charge on any atom is -0.396 e. The Bertz CT molecular complexity index is 268. The molecule has 1 aliphatic rings. The number of rotatable bonds is 2. The zero-order valence-corrected chi connectivity index (χ0v) is 8.86. The quantitative estimate of drug-likeness (QED) is 0.821. The summed E-state index contributed by atoms with van der Waals surface area (Å²) in [5.74, 6) is 1.16. The van der Waals surface area contributed by atoms with Gasteiger partial charge in [-0.1, -0.05) is 12.1 Å². The maximum absolute atomic E-state index is 8.89. The molecule has 2 atom stereocenters. The van der Waals surface area contributed by atoms with Crippen LogP contribution < -0.4 is 0 Å². The topological polar surface area (TPSA) is 20.2 Å². The first-order chi connectivity index (χ1) is 5.81. The van der Waals surface area contributed by atoms with Gasteiger partial charge in [-0.05, 0) is 58.5 Å². The lowest BCUT2D eigenvalue weighted by atomic mass is 10.1. The Morgan fingerprint density at radius 2 is 2.00 bits per heavy atom. The second-order valence-corrected chi connectivity index (χ2v) is 4.58. The summed E-state index contributed by atoms with van der Waals surface area (Å²) < 4.78 is 1.28. The summed E-state index contributed by atoms with van der Waals surface area (Å²) in [6, 6.07) is 8.59. The molecule has 1 saturated carbocycles. The molecule has 0 radical (unpaired) electrons. The fourth-order valence-electron chi connectivity index (χ4n) is 1.57. The van der Waals surface area contributed by atoms with Crippen molar-refractivity contribution < 1.29 is 5.11 Å². The largest absolute Gasteiger partial charge is 0.396 e. The van der Waals surface area contributed by atoms with Crippen molar-refractivity contribution in [2.75, 3.05) is 6.61 Å². The molecule has 1 N–H and O–H groups in total. The summed E-state index contributed by atoms with van der Waals surface area (Å²) >= 11 is 2.31. The highest BCUT2D eigenvalue weighted by atomic mass is 127. The third kappa shape index (κ3) is 1.64. The Morgan fingerprint density at radius 3 is 2.50 bits per heavy atom. The standard InChI is InChI=1S/C10H11IO/c11-9-3-1-7(2-4-9)10-5-8(10)6-12/h1-4,8,10,12H,5-6H2/t8?,10-/m1/s1. The van der Waals surface area contributed by atoms with Crippen LogP contribution in [-0.2, 0) is 0 Å². The molecule has 2 heteroatoms. The molecule has 0 aliphatic heterocycles. The van der Waals surface area contributed by atoms with Crippen LogP contribution in [0.3, 0.4) is 0 Å². The van der Waals surface area contributed by atoms with E-state index in [-0.39, 0.29) is 0 Å². The van der Waals surface area contributed by atoms with Gasteiger partial charge in [-0.2, -0.15) is 0 Å². The van der Waals surface area contributed by atoms with Gasteiger partial charge in [0, 0.05) is 10.2 Å². The summed E-state index contributed by atoms with van der Waals surface area (Å²) in [6.07, 6.45) is 1.16. The monoisotopic (exact) mass is 274 g/mol. The lowest BCUT2D eigenvalue weighted by Gasteiger charge is -1.98. The molecular weight excluding hydrogens is 263 g/mol. The van der Waals surface area contributed by atoms with Crippen molar-refractivity contribution >= 4 is 22.6 Å². The number of halogens is 1. The Labute approximate surface area is 85.9 Å². The van der Waals surface area contributed by atoms with Gasteiger partial charge in [-0.15, -0.1) is 0 Å². The van der Waals surface area contributed by atoms with Crippen LogP contribution in [0.2, 0.25) is 0 Å². The van der Waals surface area contributed by atoms with Crippen LogP contribution in [0, 0.1) is 9.49 Å². The van der Waals surface area contributed by atoms with Crippen LogP contribution in [0.5, 0.6) is 0 Å². The molecule has 12 heavy (non-hydrogen) atoms. The lowest BCUT2D eigenvalue weighted by Crippen LogP contribution is -1.88. The van der Waals surface area contributed by atoms with E-state index in [4.69, 9.17) is 5.11 Å². The fraction of sp³-hybridized carbons (Fsp3) is 0.400. The van der Waals surface area contributed by atoms with E-state index < -0.39 is 0 Å². The molecule has 2 rings (SSSR count). The predicted octanol–water partition coefficient (Wildman–Crippen LogP) is 2.39. The molecule has 0 spiro atoms. The molecule has 0 amide bonds. The van der Waals surface area contributed by atoms with Gasteiger partial charge >= 0.3 is 0 Å². The van der Waals surface area contributed by atoms with Gasteiger partial charge in [0.25, 0.3) is 0 Å². The van der Waals surface area contributed by atoms with Gasteiger partial charge in [0.1, 0.15) is 0 Å². The van der Waals surface area contributed by atoms with E-state index in [1.807, 2.05) is 0 Å². The minimum atomic E-state index is 0.344. The van der Waals surface area contributed by atoms with Gasteiger partial charge in [0.2, 0.25) is 0 Å². The third-order valence-corrected chi connectivity index (χ3v) is 3.17. The van der Waals surface area contributed by atoms with Gasteiger partial charge in [0.15, 0.2) is 0 Å². The second-order valence-electron chi connectivity index (χ2n) is 3.34. The van der Waals surface area contributed by atoms with Crippen molar-refractivity contribution in [3.63, 3.8) is 0 Å². The third-order valence-electron chi connectivity index (χ3n) is 2.46. The number of aliphatic hydroxyl groups excluding tert-OH is 1. The maximum atomic E-state index is 8.89. The van der Waals surface area contributed by atoms with E-state index in [9.17, 15) is 0 Å². The lowest BCUT2D eigenvalue weighted by molar-refractivity contribution is 0.274. The molecule has 1 fully saturated rings. The normalized spacial score (nSPS) is 27.2. The zero-order chi connectivity index (χ0) is 8.55. The Balaban J connectivity index is 2.10. The number of hydrogen-bond acceptors (Lipinski definition) is 1. The van der Waals surface area contributed by atoms with Crippen molar-refractivity contribution in [3.8, 4) is 0 Å². The van der Waals surface area contributed by atoms with E-state index in [2.05, 4.69) is 46.9 Å². The van der Waals surface area contributed by atoms with Crippen molar-refractivity contribution in [1.82, 2.24) is 0 Å². The molecule has 1 unspecified atom stereocenters. The van der Waals surface area contributed by atoms with Crippen molar-refractivity contribution in [3.05, 3.63) is 33.4 Å². The van der Waals surface area contributed by atoms with E-state index in [0.29, 0.717) is 18.4 Å². The van der Waals surface area contributed by atoms with Crippen LogP contribution in [-0.4, -0.2) is 11.7 Å². The van der Waals surface area contributed by atoms with Crippen molar-refractivity contribution in [2.45, 2.75) is 12.3 Å². The highest BCUT2D eigenvalue weighted by molar-refractivity contribution is 14.1. The summed E-state index contributed by atoms with van der Waals surface area (Å²) in [5, 5.41) is 8.89. The molecule has 1 aromatic rings. The molecule has 0 heterocycles. The average Bonchev–Trinajstić information content (AvgIpc) is 2.85. The van der Waals surface area contributed by atoms with E-state index in [1.165, 1.54) is 9.13 Å². The van der Waals surface area contributed by atoms with Crippen molar-refractivity contribution in [2.24, 2.45) is 5.92 Å². The average molecular weight is 274 g/mol. The Morgan fingerprint density at radius 1 is 1.33 bits per heavy atom. The number of hydrogen-bond donors (Lipinski definition) is 1. The van der Waals surface area contributed by atoms with Crippen LogP contribution in [0.1, 0.15) is 17.9 Å². The van der Waals surface area contributed by atoms with Gasteiger partial charge in [-0.3, -0.25) is 0 Å². The fourth-order valence-corrected chi connectivity index (χ4v) is 1.93. The Kier molecular flexibility index (Phi) is 2.37. The minimum absolute atomic E-state index is 0.344. The second kappa shape index (κ2) is 3.34. The first kappa shape index (κ1) is 8.51. The molecule has 0 aromatic heterocycles. The van der Waals surface area contributed by atoms with Crippen LogP contribution >= 0.6 is 22.6 Å². The summed E-state index contributed by atoms with van der Waals surface area (Å²) in [7, 11) is 0. The van der Waals surface area contributed by atoms with E-state index >= 15 is 0 Å². The highest BCUT2D eigenvalue weighted by Gasteiger charge is 2.37. The molecule has 0 saturated heterocycles. The van der Waals surface area contributed by atoms with E-state index in [0.717, 1.165) is 6.42 Å². The van der Waals surface area contributed by atoms with Crippen LogP contribution in [0.15, 0.2) is 24.3 Å². The van der Waals surface area contributed by atoms with E-state index in [1.54, 1.807) is 0 Å². The zero-order valence-electron chi connectivity index (χ0n) is 6.70. The van der Waals surface area contributed by atoms with Crippen LogP contribution in [0.4, 0.5) is 0 Å². The Hall–Kier alpha value is -0.0900. The number of aliphatic hydroxyl groups is 1. The van der Waals surface area contributed by atoms with Crippen LogP contribution in [0.25, 0.3) is 0 Å². The van der Waals surface area contributed by atoms with Gasteiger partial charge < -0.3 is 5.11 Å². The first-order valence-electron chi connectivity index (χ1n) is 4.17. The van der Waals surface area contributed by atoms with Gasteiger partial charge in [-0.25, -0.2) is 0 Å². The summed E-state index contributed by atoms with van der Waals surface area (Å²) in [6.45, 7) is 0.344. The molecule has 64 valence electrons. The highest BCUT2D eigenvalue weighted by Crippen LogP contribution is 2.46. The smallest absolute Gasteiger partial charge is 0.0465 e. The molecule has 1 nitrogen and oxygen atoms in total. The molecule has 1 aromatic carbocycles. The number of benzene rings is 1. The molecule has 1 aliphatic carbocycles. The predicted molar refractivity (Wildman–Crippen MR) is 57.1 cm³/mol.